The first-order valence-corrected chi connectivity index (χ1v) is 6.76. The highest BCUT2D eigenvalue weighted by Crippen LogP contribution is 2.14. The van der Waals surface area contributed by atoms with Gasteiger partial charge in [0, 0.05) is 38.4 Å². The average molecular weight is 391 g/mol. The monoisotopic (exact) mass is 391 g/mol. The summed E-state index contributed by atoms with van der Waals surface area (Å²) in [6.07, 6.45) is 3.74. The minimum atomic E-state index is 0. The van der Waals surface area contributed by atoms with Gasteiger partial charge in [0.25, 0.3) is 0 Å². The van der Waals surface area contributed by atoms with Crippen LogP contribution in [0.25, 0.3) is 0 Å². The van der Waals surface area contributed by atoms with Gasteiger partial charge in [-0.05, 0) is 12.8 Å². The van der Waals surface area contributed by atoms with Crippen molar-refractivity contribution in [3.05, 3.63) is 29.6 Å². The molecule has 1 rings (SSSR count). The molecule has 0 bridgehead atoms. The number of nitrogens with one attached hydrogen (secondary N) is 2. The summed E-state index contributed by atoms with van der Waals surface area (Å²) in [6, 6.07) is 0. The van der Waals surface area contributed by atoms with Crippen LogP contribution in [0.5, 0.6) is 0 Å². The first kappa shape index (κ1) is 18.9. The number of hydrogen-bond donors (Lipinski definition) is 2. The summed E-state index contributed by atoms with van der Waals surface area (Å²) in [7, 11) is 3.77. The summed E-state index contributed by atoms with van der Waals surface area (Å²) >= 11 is 0. The third-order valence-corrected chi connectivity index (χ3v) is 3.10. The van der Waals surface area contributed by atoms with Crippen LogP contribution in [0.2, 0.25) is 0 Å². The Bertz CT molecular complexity index is 451. The lowest BCUT2D eigenvalue weighted by molar-refractivity contribution is 0.702. The molecule has 20 heavy (non-hydrogen) atoms. The van der Waals surface area contributed by atoms with Gasteiger partial charge < -0.3 is 10.6 Å². The van der Waals surface area contributed by atoms with Gasteiger partial charge in [0.1, 0.15) is 0 Å². The molecule has 114 valence electrons. The summed E-state index contributed by atoms with van der Waals surface area (Å²) < 4.78 is 1.98. The number of halogens is 1. The van der Waals surface area contributed by atoms with Crippen LogP contribution in [0.4, 0.5) is 0 Å². The van der Waals surface area contributed by atoms with Crippen LogP contribution in [-0.4, -0.2) is 29.3 Å². The van der Waals surface area contributed by atoms with Crippen LogP contribution in [-0.2, 0) is 26.4 Å². The molecule has 5 nitrogen and oxygen atoms in total. The fourth-order valence-electron chi connectivity index (χ4n) is 2.16. The molecule has 1 aromatic rings. The Morgan fingerprint density at radius 1 is 1.35 bits per heavy atom. The number of nitrogens with zero attached hydrogens (tertiary/aromatic N) is 3. The molecule has 0 spiro atoms. The summed E-state index contributed by atoms with van der Waals surface area (Å²) in [6.45, 7) is 9.43. The first-order valence-electron chi connectivity index (χ1n) is 6.76. The highest BCUT2D eigenvalue weighted by Gasteiger charge is 2.13. The van der Waals surface area contributed by atoms with Gasteiger partial charge in [-0.2, -0.15) is 5.10 Å². The Balaban J connectivity index is 0.00000361. The van der Waals surface area contributed by atoms with Gasteiger partial charge in [-0.3, -0.25) is 9.67 Å². The number of aliphatic imine (C=N–C) groups is 1. The molecule has 1 heterocycles. The number of guanidine groups is 1. The van der Waals surface area contributed by atoms with Crippen molar-refractivity contribution in [3.8, 4) is 0 Å². The van der Waals surface area contributed by atoms with E-state index in [2.05, 4.69) is 41.2 Å². The molecule has 0 aromatic carbocycles. The first-order chi connectivity index (χ1) is 9.17. The van der Waals surface area contributed by atoms with E-state index in [9.17, 15) is 0 Å². The van der Waals surface area contributed by atoms with Crippen LogP contribution < -0.4 is 10.6 Å². The molecule has 0 unspecified atom stereocenters. The molecule has 1 aromatic heterocycles. The van der Waals surface area contributed by atoms with Crippen molar-refractivity contribution < 1.29 is 0 Å². The van der Waals surface area contributed by atoms with E-state index >= 15 is 0 Å². The third-order valence-electron chi connectivity index (χ3n) is 3.10. The minimum Gasteiger partial charge on any atom is -0.353 e. The molecule has 0 saturated carbocycles. The van der Waals surface area contributed by atoms with Gasteiger partial charge in [0.05, 0.1) is 5.69 Å². The predicted molar refractivity (Wildman–Crippen MR) is 95.8 cm³/mol. The second kappa shape index (κ2) is 9.79. The van der Waals surface area contributed by atoms with Crippen molar-refractivity contribution >= 4 is 29.9 Å². The van der Waals surface area contributed by atoms with Crippen LogP contribution in [0.1, 0.15) is 30.8 Å². The smallest absolute Gasteiger partial charge is 0.191 e. The van der Waals surface area contributed by atoms with Crippen molar-refractivity contribution in [2.75, 3.05) is 13.6 Å². The molecule has 0 atom stereocenters. The maximum Gasteiger partial charge on any atom is 0.191 e. The van der Waals surface area contributed by atoms with Crippen molar-refractivity contribution in [2.45, 2.75) is 33.2 Å². The molecule has 0 aliphatic carbocycles. The number of aromatic nitrogens is 2. The number of hydrogen-bond acceptors (Lipinski definition) is 2. The SMILES string of the molecule is C=CCNC(=NC)NCc1c(CC)nn(C)c1CC.I. The largest absolute Gasteiger partial charge is 0.353 e. The minimum absolute atomic E-state index is 0. The lowest BCUT2D eigenvalue weighted by Crippen LogP contribution is -2.37. The Kier molecular flexibility index (Phi) is 9.28. The van der Waals surface area contributed by atoms with E-state index in [0.717, 1.165) is 31.0 Å². The molecule has 0 fully saturated rings. The lowest BCUT2D eigenvalue weighted by Gasteiger charge is -2.11. The van der Waals surface area contributed by atoms with Gasteiger partial charge in [-0.25, -0.2) is 0 Å². The number of aryl methyl sites for hydroxylation is 2. The summed E-state index contributed by atoms with van der Waals surface area (Å²) in [5.74, 6) is 0.785. The fraction of sp³-hybridized carbons (Fsp3) is 0.571. The molecule has 0 amide bonds. The van der Waals surface area contributed by atoms with E-state index in [1.807, 2.05) is 17.8 Å². The van der Waals surface area contributed by atoms with E-state index < -0.39 is 0 Å². The second-order valence-electron chi connectivity index (χ2n) is 4.30. The van der Waals surface area contributed by atoms with Gasteiger partial charge in [-0.1, -0.05) is 19.9 Å². The van der Waals surface area contributed by atoms with Crippen molar-refractivity contribution in [2.24, 2.45) is 12.0 Å². The van der Waals surface area contributed by atoms with Crippen molar-refractivity contribution in [1.82, 2.24) is 20.4 Å². The molecule has 2 N–H and O–H groups in total. The molecule has 0 radical (unpaired) electrons. The van der Waals surface area contributed by atoms with Crippen LogP contribution >= 0.6 is 24.0 Å². The topological polar surface area (TPSA) is 54.2 Å². The highest BCUT2D eigenvalue weighted by molar-refractivity contribution is 14.0. The van der Waals surface area contributed by atoms with Crippen molar-refractivity contribution in [1.29, 1.82) is 0 Å². The fourth-order valence-corrected chi connectivity index (χ4v) is 2.16. The molecule has 0 aliphatic rings. The summed E-state index contributed by atoms with van der Waals surface area (Å²) in [5.41, 5.74) is 3.73. The van der Waals surface area contributed by atoms with Gasteiger partial charge in [0.2, 0.25) is 0 Å². The maximum absolute atomic E-state index is 4.57. The summed E-state index contributed by atoms with van der Waals surface area (Å²) in [4.78, 5) is 4.18. The Hall–Kier alpha value is -1.05. The van der Waals surface area contributed by atoms with E-state index in [0.29, 0.717) is 6.54 Å². The second-order valence-corrected chi connectivity index (χ2v) is 4.30. The third kappa shape index (κ3) is 4.81. The zero-order valence-corrected chi connectivity index (χ0v) is 15.2. The maximum atomic E-state index is 4.57. The van der Waals surface area contributed by atoms with Crippen molar-refractivity contribution in [3.63, 3.8) is 0 Å². The highest BCUT2D eigenvalue weighted by atomic mass is 127. The predicted octanol–water partition coefficient (Wildman–Crippen LogP) is 2.01. The Labute approximate surface area is 139 Å². The number of rotatable bonds is 6. The molecule has 0 saturated heterocycles. The lowest BCUT2D eigenvalue weighted by atomic mass is 10.1. The van der Waals surface area contributed by atoms with E-state index in [4.69, 9.17) is 0 Å². The van der Waals surface area contributed by atoms with Crippen LogP contribution in [0, 0.1) is 0 Å². The van der Waals surface area contributed by atoms with Crippen LogP contribution in [0.3, 0.4) is 0 Å². The van der Waals surface area contributed by atoms with Gasteiger partial charge in [-0.15, -0.1) is 30.6 Å². The normalized spacial score (nSPS) is 10.9. The van der Waals surface area contributed by atoms with E-state index in [1.54, 1.807) is 7.05 Å². The van der Waals surface area contributed by atoms with Gasteiger partial charge in [0.15, 0.2) is 5.96 Å². The van der Waals surface area contributed by atoms with E-state index in [1.165, 1.54) is 11.3 Å². The van der Waals surface area contributed by atoms with Crippen LogP contribution in [0.15, 0.2) is 17.6 Å². The quantitative estimate of drug-likeness (QED) is 0.338. The molecular formula is C14H26IN5. The average Bonchev–Trinajstić information content (AvgIpc) is 2.74. The van der Waals surface area contributed by atoms with Gasteiger partial charge >= 0.3 is 0 Å². The standard InChI is InChI=1S/C14H25N5.HI/c1-6-9-16-14(15-4)17-10-11-12(7-2)18-19(5)13(11)8-3;/h6H,1,7-10H2,2-5H3,(H2,15,16,17);1H. The van der Waals surface area contributed by atoms with E-state index in [-0.39, 0.29) is 24.0 Å². The Morgan fingerprint density at radius 2 is 2.05 bits per heavy atom. The zero-order valence-electron chi connectivity index (χ0n) is 12.9. The molecular weight excluding hydrogens is 365 g/mol. The Morgan fingerprint density at radius 3 is 2.55 bits per heavy atom. The molecule has 6 heteroatoms. The molecule has 0 aliphatic heterocycles. The summed E-state index contributed by atoms with van der Waals surface area (Å²) in [5, 5.41) is 11.1. The zero-order chi connectivity index (χ0) is 14.3.